The van der Waals surface area contributed by atoms with Crippen molar-refractivity contribution in [3.8, 4) is 0 Å². The third-order valence-corrected chi connectivity index (χ3v) is 8.52. The molecule has 1 saturated carbocycles. The molecule has 272 valence electrons. The van der Waals surface area contributed by atoms with Crippen LogP contribution in [0.5, 0.6) is 0 Å². The van der Waals surface area contributed by atoms with Crippen LogP contribution in [0.3, 0.4) is 0 Å². The molecule has 1 heterocycles. The number of carboxylic acid groups (broad SMARTS) is 1. The van der Waals surface area contributed by atoms with Gasteiger partial charge in [-0.2, -0.15) is 44.3 Å². The molecule has 0 aliphatic heterocycles. The van der Waals surface area contributed by atoms with Crippen molar-refractivity contribution in [3.63, 3.8) is 0 Å². The maximum atomic E-state index is 14.1. The number of benzene rings is 2. The second-order valence-corrected chi connectivity index (χ2v) is 12.2. The average Bonchev–Trinajstić information content (AvgIpc) is 3.41. The molecule has 0 bridgehead atoms. The van der Waals surface area contributed by atoms with Crippen molar-refractivity contribution in [3.05, 3.63) is 63.7 Å². The molecule has 1 aliphatic carbocycles. The molecule has 8 nitrogen and oxygen atoms in total. The number of carboxylic acids is 1. The standard InChI is InChI=1S/C31H35F9N6O2.ClH/c1-4-45(15-20-7-5-19(6-8-20)12-27(47)48)26-9-18(2)25(31(38,39)40)13-22(26)17-46(28-41-43-44(3)42-28)16-21-10-23(29(32,33)34)14-24(11-21)30(35,36)37;/h9-11,13-14,19-20H,4-8,12,15-17H2,1-3H3,(H,47,48);1H. The second kappa shape index (κ2) is 15.4. The smallest absolute Gasteiger partial charge is 0.416 e. The van der Waals surface area contributed by atoms with Gasteiger partial charge < -0.3 is 14.9 Å². The van der Waals surface area contributed by atoms with Crippen LogP contribution in [0.25, 0.3) is 0 Å². The Kier molecular flexibility index (Phi) is 12.5. The highest BCUT2D eigenvalue weighted by Gasteiger charge is 2.38. The summed E-state index contributed by atoms with van der Waals surface area (Å²) in [5, 5.41) is 20.8. The van der Waals surface area contributed by atoms with E-state index in [4.69, 9.17) is 5.11 Å². The predicted octanol–water partition coefficient (Wildman–Crippen LogP) is 8.31. The third-order valence-electron chi connectivity index (χ3n) is 8.52. The lowest BCUT2D eigenvalue weighted by Crippen LogP contribution is -2.33. The highest BCUT2D eigenvalue weighted by Crippen LogP contribution is 2.40. The zero-order valence-electron chi connectivity index (χ0n) is 26.8. The molecule has 1 N–H and O–H groups in total. The largest absolute Gasteiger partial charge is 0.481 e. The predicted molar refractivity (Wildman–Crippen MR) is 164 cm³/mol. The van der Waals surface area contributed by atoms with Crippen LogP contribution < -0.4 is 9.80 Å². The molecule has 0 spiro atoms. The number of alkyl halides is 9. The van der Waals surface area contributed by atoms with Crippen LogP contribution in [-0.4, -0.2) is 44.4 Å². The van der Waals surface area contributed by atoms with Crippen LogP contribution in [0.4, 0.5) is 51.1 Å². The lowest BCUT2D eigenvalue weighted by Gasteiger charge is -2.35. The second-order valence-electron chi connectivity index (χ2n) is 12.2. The van der Waals surface area contributed by atoms with Crippen LogP contribution >= 0.6 is 12.4 Å². The number of halogens is 10. The SMILES string of the molecule is CCN(CC1CCC(CC(=O)O)CC1)c1cc(C)c(C(F)(F)F)cc1CN(Cc1cc(C(F)(F)F)cc(C(F)(F)F)c1)c1nnn(C)n1.Cl. The third kappa shape index (κ3) is 10.4. The minimum atomic E-state index is -5.11. The van der Waals surface area contributed by atoms with E-state index in [1.807, 2.05) is 11.8 Å². The van der Waals surface area contributed by atoms with E-state index in [9.17, 15) is 44.3 Å². The molecule has 0 unspecified atom stereocenters. The minimum absolute atomic E-state index is 0. The van der Waals surface area contributed by atoms with E-state index in [1.54, 1.807) is 0 Å². The van der Waals surface area contributed by atoms with Crippen LogP contribution in [0.15, 0.2) is 30.3 Å². The van der Waals surface area contributed by atoms with Gasteiger partial charge in [0.25, 0.3) is 5.95 Å². The van der Waals surface area contributed by atoms with E-state index >= 15 is 0 Å². The van der Waals surface area contributed by atoms with Crippen LogP contribution in [-0.2, 0) is 43.5 Å². The normalized spacial score (nSPS) is 17.1. The van der Waals surface area contributed by atoms with Crippen molar-refractivity contribution in [2.45, 2.75) is 77.6 Å². The number of anilines is 2. The molecule has 1 aliphatic rings. The molecule has 4 rings (SSSR count). The fourth-order valence-corrected chi connectivity index (χ4v) is 6.17. The first kappa shape index (κ1) is 39.7. The van der Waals surface area contributed by atoms with Gasteiger partial charge in [-0.05, 0) is 104 Å². The maximum absolute atomic E-state index is 14.1. The average molecular weight is 731 g/mol. The maximum Gasteiger partial charge on any atom is 0.416 e. The summed E-state index contributed by atoms with van der Waals surface area (Å²) in [5.41, 5.74) is -4.00. The van der Waals surface area contributed by atoms with Crippen LogP contribution in [0.1, 0.15) is 72.4 Å². The first-order valence-corrected chi connectivity index (χ1v) is 15.2. The molecule has 2 aromatic carbocycles. The Balaban J connectivity index is 0.00000650. The van der Waals surface area contributed by atoms with Gasteiger partial charge in [-0.15, -0.1) is 17.5 Å². The molecule has 18 heteroatoms. The summed E-state index contributed by atoms with van der Waals surface area (Å²) in [4.78, 5) is 15.2. The Morgan fingerprint density at radius 2 is 1.43 bits per heavy atom. The summed E-state index contributed by atoms with van der Waals surface area (Å²) < 4.78 is 124. The Morgan fingerprint density at radius 3 is 1.90 bits per heavy atom. The van der Waals surface area contributed by atoms with Gasteiger partial charge >= 0.3 is 24.5 Å². The van der Waals surface area contributed by atoms with Crippen molar-refractivity contribution < 1.29 is 49.4 Å². The van der Waals surface area contributed by atoms with Gasteiger partial charge in [0.2, 0.25) is 0 Å². The lowest BCUT2D eigenvalue weighted by atomic mass is 9.80. The highest BCUT2D eigenvalue weighted by atomic mass is 35.5. The molecule has 49 heavy (non-hydrogen) atoms. The topological polar surface area (TPSA) is 87.4 Å². The van der Waals surface area contributed by atoms with Crippen molar-refractivity contribution >= 4 is 30.0 Å². The van der Waals surface area contributed by atoms with Gasteiger partial charge in [0.05, 0.1) is 23.7 Å². The Hall–Kier alpha value is -3.76. The number of rotatable bonds is 11. The molecule has 0 saturated heterocycles. The number of aliphatic carboxylic acids is 1. The number of aryl methyl sites for hydroxylation is 2. The van der Waals surface area contributed by atoms with Crippen LogP contribution in [0.2, 0.25) is 0 Å². The van der Waals surface area contributed by atoms with Gasteiger partial charge in [0.1, 0.15) is 0 Å². The zero-order valence-corrected chi connectivity index (χ0v) is 27.6. The van der Waals surface area contributed by atoms with Gasteiger partial charge in [-0.3, -0.25) is 4.79 Å². The van der Waals surface area contributed by atoms with Gasteiger partial charge in [0.15, 0.2) is 0 Å². The molecular weight excluding hydrogens is 695 g/mol. The van der Waals surface area contributed by atoms with Crippen molar-refractivity contribution in [1.29, 1.82) is 0 Å². The molecule has 0 amide bonds. The van der Waals surface area contributed by atoms with Crippen molar-refractivity contribution in [2.24, 2.45) is 18.9 Å². The molecule has 1 fully saturated rings. The number of nitrogens with zero attached hydrogens (tertiary/aromatic N) is 6. The zero-order chi connectivity index (χ0) is 35.6. The fraction of sp³-hybridized carbons (Fsp3) is 0.548. The Labute approximate surface area is 282 Å². The first-order chi connectivity index (χ1) is 22.2. The van der Waals surface area contributed by atoms with Crippen LogP contribution in [0, 0.1) is 18.8 Å². The molecule has 3 aromatic rings. The number of aromatic nitrogens is 4. The highest BCUT2D eigenvalue weighted by molar-refractivity contribution is 5.85. The molecule has 1 aromatic heterocycles. The van der Waals surface area contributed by atoms with E-state index in [0.717, 1.165) is 23.7 Å². The van der Waals surface area contributed by atoms with Crippen molar-refractivity contribution in [2.75, 3.05) is 22.9 Å². The van der Waals surface area contributed by atoms with E-state index in [2.05, 4.69) is 15.4 Å². The number of carbonyl (C=O) groups is 1. The fourth-order valence-electron chi connectivity index (χ4n) is 6.17. The minimum Gasteiger partial charge on any atom is -0.481 e. The Morgan fingerprint density at radius 1 is 0.857 bits per heavy atom. The summed E-state index contributed by atoms with van der Waals surface area (Å²) in [7, 11) is 1.38. The molecular formula is C31H36ClF9N6O2. The molecule has 0 radical (unpaired) electrons. The first-order valence-electron chi connectivity index (χ1n) is 15.2. The molecule has 0 atom stereocenters. The van der Waals surface area contributed by atoms with Gasteiger partial charge in [0, 0.05) is 38.3 Å². The Bertz CT molecular complexity index is 1550. The van der Waals surface area contributed by atoms with E-state index < -0.39 is 59.8 Å². The lowest BCUT2D eigenvalue weighted by molar-refractivity contribution is -0.143. The van der Waals surface area contributed by atoms with E-state index in [1.165, 1.54) is 24.9 Å². The van der Waals surface area contributed by atoms with Gasteiger partial charge in [-0.1, -0.05) is 5.10 Å². The van der Waals surface area contributed by atoms with E-state index in [0.29, 0.717) is 43.8 Å². The van der Waals surface area contributed by atoms with Crippen molar-refractivity contribution in [1.82, 2.24) is 20.2 Å². The summed E-state index contributed by atoms with van der Waals surface area (Å²) in [5.74, 6) is -0.933. The monoisotopic (exact) mass is 730 g/mol. The van der Waals surface area contributed by atoms with E-state index in [-0.39, 0.29) is 53.8 Å². The number of hydrogen-bond acceptors (Lipinski definition) is 6. The quantitative estimate of drug-likeness (QED) is 0.199. The summed E-state index contributed by atoms with van der Waals surface area (Å²) >= 11 is 0. The number of tetrazole rings is 1. The number of hydrogen-bond donors (Lipinski definition) is 1. The summed E-state index contributed by atoms with van der Waals surface area (Å²) in [6.45, 7) is 2.91. The summed E-state index contributed by atoms with van der Waals surface area (Å²) in [6.07, 6.45) is -12.1. The van der Waals surface area contributed by atoms with Gasteiger partial charge in [-0.25, -0.2) is 0 Å². The summed E-state index contributed by atoms with van der Waals surface area (Å²) in [6, 6.07) is 3.42.